The van der Waals surface area contributed by atoms with E-state index in [-0.39, 0.29) is 5.69 Å². The van der Waals surface area contributed by atoms with Gasteiger partial charge in [-0.15, -0.1) is 5.10 Å². The Morgan fingerprint density at radius 1 is 1.12 bits per heavy atom. The normalized spacial score (nSPS) is 21.2. The maximum Gasteiger partial charge on any atom is 0.229 e. The molecular formula is C22H28FN9. The van der Waals surface area contributed by atoms with E-state index in [0.717, 1.165) is 12.4 Å². The topological polar surface area (TPSA) is 96.7 Å². The van der Waals surface area contributed by atoms with Crippen LogP contribution in [0.25, 0.3) is 5.69 Å². The number of hydrogen-bond acceptors (Lipinski definition) is 8. The smallest absolute Gasteiger partial charge is 0.229 e. The van der Waals surface area contributed by atoms with Crippen molar-refractivity contribution in [3.8, 4) is 5.69 Å². The molecule has 2 aliphatic heterocycles. The van der Waals surface area contributed by atoms with Gasteiger partial charge in [-0.2, -0.15) is 9.67 Å². The minimum absolute atomic E-state index is 0.264. The summed E-state index contributed by atoms with van der Waals surface area (Å²) in [5.74, 6) is 1.92. The molecule has 0 unspecified atom stereocenters. The van der Waals surface area contributed by atoms with Gasteiger partial charge < -0.3 is 15.5 Å². The number of nitrogens with zero attached hydrogens (tertiary/aromatic N) is 7. The molecule has 0 spiro atoms. The van der Waals surface area contributed by atoms with Crippen LogP contribution in [-0.4, -0.2) is 60.8 Å². The van der Waals surface area contributed by atoms with E-state index in [1.807, 2.05) is 6.07 Å². The summed E-state index contributed by atoms with van der Waals surface area (Å²) in [6.45, 7) is 5.14. The third kappa shape index (κ3) is 4.40. The van der Waals surface area contributed by atoms with E-state index >= 15 is 0 Å². The van der Waals surface area contributed by atoms with Gasteiger partial charge in [0.15, 0.2) is 5.82 Å². The minimum Gasteiger partial charge on any atom is -0.370 e. The highest BCUT2D eigenvalue weighted by atomic mass is 19.1. The molecule has 168 valence electrons. The summed E-state index contributed by atoms with van der Waals surface area (Å²) in [5, 5.41) is 17.9. The first-order chi connectivity index (χ1) is 15.7. The number of benzene rings is 1. The Morgan fingerprint density at radius 3 is 2.91 bits per heavy atom. The van der Waals surface area contributed by atoms with Crippen molar-refractivity contribution < 1.29 is 4.39 Å². The number of rotatable bonds is 6. The van der Waals surface area contributed by atoms with Crippen molar-refractivity contribution in [2.24, 2.45) is 5.92 Å². The van der Waals surface area contributed by atoms with Gasteiger partial charge in [-0.1, -0.05) is 6.42 Å². The van der Waals surface area contributed by atoms with Crippen LogP contribution < -0.4 is 10.6 Å². The molecule has 0 bridgehead atoms. The van der Waals surface area contributed by atoms with Gasteiger partial charge >= 0.3 is 0 Å². The lowest BCUT2D eigenvalue weighted by Gasteiger charge is -2.44. The van der Waals surface area contributed by atoms with Gasteiger partial charge in [0.2, 0.25) is 5.95 Å². The van der Waals surface area contributed by atoms with E-state index in [9.17, 15) is 4.39 Å². The Bertz CT molecular complexity index is 1070. The highest BCUT2D eigenvalue weighted by Crippen LogP contribution is 2.31. The van der Waals surface area contributed by atoms with E-state index in [4.69, 9.17) is 0 Å². The molecule has 10 heteroatoms. The molecule has 2 N–H and O–H groups in total. The van der Waals surface area contributed by atoms with Crippen LogP contribution in [0.4, 0.5) is 21.8 Å². The summed E-state index contributed by atoms with van der Waals surface area (Å²) < 4.78 is 16.0. The number of hydrogen-bond donors (Lipinski definition) is 2. The molecule has 0 saturated carbocycles. The van der Waals surface area contributed by atoms with Crippen molar-refractivity contribution in [3.05, 3.63) is 42.1 Å². The first-order valence-electron chi connectivity index (χ1n) is 11.3. The first-order valence-corrected chi connectivity index (χ1v) is 11.3. The van der Waals surface area contributed by atoms with Crippen LogP contribution >= 0.6 is 0 Å². The van der Waals surface area contributed by atoms with Gasteiger partial charge in [-0.05, 0) is 86.3 Å². The third-order valence-corrected chi connectivity index (χ3v) is 6.50. The highest BCUT2D eigenvalue weighted by Gasteiger charge is 2.32. The number of anilines is 3. The Balaban J connectivity index is 1.27. The van der Waals surface area contributed by atoms with Gasteiger partial charge in [0.1, 0.15) is 11.6 Å². The SMILES string of the molecule is Cc1nnnn1-c1ccc(F)c(Nc2nccc(NC[C@@H]3CCCN4CCCC[C@H]34)n2)c1. The van der Waals surface area contributed by atoms with Gasteiger partial charge in [-0.3, -0.25) is 0 Å². The number of aryl methyl sites for hydroxylation is 1. The van der Waals surface area contributed by atoms with Crippen LogP contribution in [-0.2, 0) is 0 Å². The maximum atomic E-state index is 14.4. The molecular weight excluding hydrogens is 409 g/mol. The second-order valence-electron chi connectivity index (χ2n) is 8.57. The summed E-state index contributed by atoms with van der Waals surface area (Å²) >= 11 is 0. The molecule has 2 atom stereocenters. The van der Waals surface area contributed by atoms with Gasteiger partial charge in [0.05, 0.1) is 11.4 Å². The molecule has 5 rings (SSSR count). The van der Waals surface area contributed by atoms with E-state index < -0.39 is 5.82 Å². The quantitative estimate of drug-likeness (QED) is 0.606. The predicted octanol–water partition coefficient (Wildman–Crippen LogP) is 3.32. The van der Waals surface area contributed by atoms with Gasteiger partial charge in [0, 0.05) is 18.8 Å². The molecule has 32 heavy (non-hydrogen) atoms. The van der Waals surface area contributed by atoms with E-state index in [1.54, 1.807) is 29.9 Å². The largest absolute Gasteiger partial charge is 0.370 e. The summed E-state index contributed by atoms with van der Waals surface area (Å²) in [6.07, 6.45) is 8.13. The third-order valence-electron chi connectivity index (χ3n) is 6.50. The number of piperidine rings is 2. The van der Waals surface area contributed by atoms with Crippen LogP contribution in [0.5, 0.6) is 0 Å². The number of nitrogens with one attached hydrogen (secondary N) is 2. The molecule has 2 aromatic heterocycles. The van der Waals surface area contributed by atoms with Crippen LogP contribution in [0.15, 0.2) is 30.5 Å². The van der Waals surface area contributed by atoms with Crippen LogP contribution in [0.3, 0.4) is 0 Å². The highest BCUT2D eigenvalue weighted by molar-refractivity contribution is 5.59. The van der Waals surface area contributed by atoms with Crippen molar-refractivity contribution in [2.45, 2.75) is 45.1 Å². The molecule has 2 aliphatic rings. The Hall–Kier alpha value is -3.14. The van der Waals surface area contributed by atoms with Crippen molar-refractivity contribution >= 4 is 17.5 Å². The van der Waals surface area contributed by atoms with Gasteiger partial charge in [0.25, 0.3) is 0 Å². The van der Waals surface area contributed by atoms with Crippen LogP contribution in [0.2, 0.25) is 0 Å². The van der Waals surface area contributed by atoms with E-state index in [1.165, 1.54) is 51.3 Å². The van der Waals surface area contributed by atoms with E-state index in [2.05, 4.69) is 41.0 Å². The zero-order chi connectivity index (χ0) is 21.9. The lowest BCUT2D eigenvalue weighted by Crippen LogP contribution is -2.49. The lowest BCUT2D eigenvalue weighted by atomic mass is 9.83. The van der Waals surface area contributed by atoms with Crippen molar-refractivity contribution in [1.82, 2.24) is 35.1 Å². The van der Waals surface area contributed by atoms with Crippen molar-refractivity contribution in [3.63, 3.8) is 0 Å². The van der Waals surface area contributed by atoms with Crippen LogP contribution in [0.1, 0.15) is 37.9 Å². The fraction of sp³-hybridized carbons (Fsp3) is 0.500. The van der Waals surface area contributed by atoms with Crippen molar-refractivity contribution in [1.29, 1.82) is 0 Å². The number of fused-ring (bicyclic) bond motifs is 1. The molecule has 1 aromatic carbocycles. The standard InChI is InChI=1S/C22H28FN9/c1-15-28-29-30-32(15)17-7-8-18(23)19(13-17)26-22-24-10-9-21(27-22)25-14-16-5-4-12-31-11-3-2-6-20(16)31/h7-10,13,16,20H,2-6,11-12,14H2,1H3,(H2,24,25,26,27)/t16-,20+/m0/s1. The van der Waals surface area contributed by atoms with Gasteiger partial charge in [-0.25, -0.2) is 9.37 Å². The number of aromatic nitrogens is 6. The summed E-state index contributed by atoms with van der Waals surface area (Å²) in [7, 11) is 0. The number of tetrazole rings is 1. The molecule has 2 saturated heterocycles. The maximum absolute atomic E-state index is 14.4. The molecule has 0 aliphatic carbocycles. The van der Waals surface area contributed by atoms with E-state index in [0.29, 0.717) is 29.4 Å². The molecule has 0 radical (unpaired) electrons. The average Bonchev–Trinajstić information content (AvgIpc) is 3.25. The Labute approximate surface area is 186 Å². The Morgan fingerprint density at radius 2 is 2.03 bits per heavy atom. The number of halogens is 1. The summed E-state index contributed by atoms with van der Waals surface area (Å²) in [5.41, 5.74) is 0.916. The second-order valence-corrected chi connectivity index (χ2v) is 8.57. The molecule has 2 fully saturated rings. The first kappa shape index (κ1) is 20.7. The molecule has 0 amide bonds. The lowest BCUT2D eigenvalue weighted by molar-refractivity contribution is 0.0649. The zero-order valence-corrected chi connectivity index (χ0v) is 18.2. The fourth-order valence-corrected chi connectivity index (χ4v) is 4.90. The Kier molecular flexibility index (Phi) is 5.93. The zero-order valence-electron chi connectivity index (χ0n) is 18.2. The molecule has 4 heterocycles. The monoisotopic (exact) mass is 437 g/mol. The van der Waals surface area contributed by atoms with Crippen molar-refractivity contribution in [2.75, 3.05) is 30.3 Å². The predicted molar refractivity (Wildman–Crippen MR) is 120 cm³/mol. The summed E-state index contributed by atoms with van der Waals surface area (Å²) in [4.78, 5) is 11.5. The molecule has 9 nitrogen and oxygen atoms in total. The average molecular weight is 438 g/mol. The second kappa shape index (κ2) is 9.15. The fourth-order valence-electron chi connectivity index (χ4n) is 4.90. The molecule has 3 aromatic rings. The summed E-state index contributed by atoms with van der Waals surface area (Å²) in [6, 6.07) is 7.17. The minimum atomic E-state index is -0.402. The van der Waals surface area contributed by atoms with Crippen LogP contribution in [0, 0.1) is 18.7 Å².